The summed E-state index contributed by atoms with van der Waals surface area (Å²) in [5.41, 5.74) is 1.88. The van der Waals surface area contributed by atoms with Crippen molar-refractivity contribution in [3.63, 3.8) is 0 Å². The van der Waals surface area contributed by atoms with Crippen LogP contribution in [-0.4, -0.2) is 65.9 Å². The van der Waals surface area contributed by atoms with Gasteiger partial charge in [-0.1, -0.05) is 23.8 Å². The molecule has 2 fully saturated rings. The minimum absolute atomic E-state index is 0.0264. The topological polar surface area (TPSA) is 56.8 Å². The van der Waals surface area contributed by atoms with E-state index in [2.05, 4.69) is 9.88 Å². The fourth-order valence-corrected chi connectivity index (χ4v) is 4.16. The third kappa shape index (κ3) is 4.42. The number of amides is 2. The third-order valence-corrected chi connectivity index (χ3v) is 5.99. The van der Waals surface area contributed by atoms with Crippen LogP contribution in [0.25, 0.3) is 0 Å². The summed E-state index contributed by atoms with van der Waals surface area (Å²) in [4.78, 5) is 36.1. The molecule has 0 aliphatic carbocycles. The second-order valence-corrected chi connectivity index (χ2v) is 7.93. The summed E-state index contributed by atoms with van der Waals surface area (Å²) in [5.74, 6) is 1.31. The predicted molar refractivity (Wildman–Crippen MR) is 113 cm³/mol. The van der Waals surface area contributed by atoms with Crippen molar-refractivity contribution in [1.29, 1.82) is 0 Å². The lowest BCUT2D eigenvalue weighted by Gasteiger charge is -2.39. The van der Waals surface area contributed by atoms with Crippen LogP contribution in [0.2, 0.25) is 0 Å². The summed E-state index contributed by atoms with van der Waals surface area (Å²) in [6, 6.07) is 13.6. The van der Waals surface area contributed by atoms with Crippen LogP contribution in [0.15, 0.2) is 48.7 Å². The molecule has 4 rings (SSSR count). The number of pyridine rings is 1. The maximum absolute atomic E-state index is 13.0. The van der Waals surface area contributed by atoms with Crippen LogP contribution in [-0.2, 0) is 4.79 Å². The molecule has 1 aromatic carbocycles. The second kappa shape index (κ2) is 8.64. The average molecular weight is 393 g/mol. The minimum Gasteiger partial charge on any atom is -0.353 e. The van der Waals surface area contributed by atoms with Crippen molar-refractivity contribution in [3.8, 4) is 0 Å². The summed E-state index contributed by atoms with van der Waals surface area (Å²) in [5, 5.41) is 0. The van der Waals surface area contributed by atoms with Gasteiger partial charge in [0.05, 0.1) is 0 Å². The summed E-state index contributed by atoms with van der Waals surface area (Å²) >= 11 is 0. The molecule has 0 saturated carbocycles. The van der Waals surface area contributed by atoms with Gasteiger partial charge in [-0.15, -0.1) is 0 Å². The largest absolute Gasteiger partial charge is 0.353 e. The number of hydrogen-bond acceptors (Lipinski definition) is 4. The molecule has 2 aliphatic heterocycles. The first kappa shape index (κ1) is 19.4. The first-order valence-electron chi connectivity index (χ1n) is 10.4. The lowest BCUT2D eigenvalue weighted by atomic mass is 9.94. The van der Waals surface area contributed by atoms with Gasteiger partial charge in [0, 0.05) is 56.9 Å². The Kier molecular flexibility index (Phi) is 5.79. The van der Waals surface area contributed by atoms with Crippen LogP contribution in [0.4, 0.5) is 5.82 Å². The number of carbonyl (C=O) groups is 2. The van der Waals surface area contributed by atoms with Gasteiger partial charge < -0.3 is 14.7 Å². The van der Waals surface area contributed by atoms with Gasteiger partial charge in [0.1, 0.15) is 5.82 Å². The first-order chi connectivity index (χ1) is 14.1. The fraction of sp³-hybridized carbons (Fsp3) is 0.435. The molecule has 0 spiro atoms. The molecule has 3 heterocycles. The minimum atomic E-state index is 0.0264. The molecule has 152 valence electrons. The normalized spacial score (nSPS) is 18.0. The zero-order valence-electron chi connectivity index (χ0n) is 17.0. The number of aromatic nitrogens is 1. The molecule has 2 aliphatic rings. The highest BCUT2D eigenvalue weighted by Gasteiger charge is 2.32. The predicted octanol–water partition coefficient (Wildman–Crippen LogP) is 2.59. The molecule has 2 aromatic rings. The molecule has 0 N–H and O–H groups in total. The highest BCUT2D eigenvalue weighted by Crippen LogP contribution is 2.23. The number of aryl methyl sites for hydroxylation is 1. The van der Waals surface area contributed by atoms with Crippen molar-refractivity contribution in [2.75, 3.05) is 44.2 Å². The van der Waals surface area contributed by atoms with Crippen LogP contribution in [0.5, 0.6) is 0 Å². The van der Waals surface area contributed by atoms with Gasteiger partial charge in [-0.3, -0.25) is 9.59 Å². The quantitative estimate of drug-likeness (QED) is 0.806. The number of likely N-dealkylation sites (tertiary alicyclic amines) is 1. The Morgan fingerprint density at radius 1 is 0.862 bits per heavy atom. The fourth-order valence-electron chi connectivity index (χ4n) is 4.16. The van der Waals surface area contributed by atoms with Gasteiger partial charge in [0.15, 0.2) is 0 Å². The molecular weight excluding hydrogens is 364 g/mol. The number of piperidine rings is 1. The van der Waals surface area contributed by atoms with Crippen LogP contribution in [0.3, 0.4) is 0 Å². The number of carbonyl (C=O) groups excluding carboxylic acids is 2. The van der Waals surface area contributed by atoms with Crippen molar-refractivity contribution in [1.82, 2.24) is 14.8 Å². The van der Waals surface area contributed by atoms with Crippen molar-refractivity contribution in [3.05, 3.63) is 59.8 Å². The Hall–Kier alpha value is -2.89. The number of benzene rings is 1. The lowest BCUT2D eigenvalue weighted by molar-refractivity contribution is -0.137. The van der Waals surface area contributed by atoms with Crippen LogP contribution < -0.4 is 4.90 Å². The molecule has 0 radical (unpaired) electrons. The van der Waals surface area contributed by atoms with E-state index in [1.807, 2.05) is 59.2 Å². The van der Waals surface area contributed by atoms with E-state index in [1.54, 1.807) is 6.20 Å². The van der Waals surface area contributed by atoms with Gasteiger partial charge in [0.2, 0.25) is 5.91 Å². The van der Waals surface area contributed by atoms with E-state index in [9.17, 15) is 9.59 Å². The molecule has 1 aromatic heterocycles. The summed E-state index contributed by atoms with van der Waals surface area (Å²) in [6.45, 7) is 6.41. The molecule has 6 heteroatoms. The van der Waals surface area contributed by atoms with E-state index in [0.29, 0.717) is 13.1 Å². The summed E-state index contributed by atoms with van der Waals surface area (Å²) < 4.78 is 0. The van der Waals surface area contributed by atoms with Crippen LogP contribution in [0, 0.1) is 12.8 Å². The van der Waals surface area contributed by atoms with E-state index >= 15 is 0 Å². The molecule has 0 bridgehead atoms. The van der Waals surface area contributed by atoms with Crippen LogP contribution >= 0.6 is 0 Å². The molecule has 6 nitrogen and oxygen atoms in total. The SMILES string of the molecule is Cc1ccc(C(=O)N2CCC(C(=O)N3CCN(c4ccccn4)CC3)CC2)cc1. The molecule has 0 atom stereocenters. The highest BCUT2D eigenvalue weighted by atomic mass is 16.2. The Labute approximate surface area is 172 Å². The zero-order chi connectivity index (χ0) is 20.2. The van der Waals surface area contributed by atoms with E-state index < -0.39 is 0 Å². The van der Waals surface area contributed by atoms with Gasteiger partial charge in [-0.2, -0.15) is 0 Å². The maximum Gasteiger partial charge on any atom is 0.253 e. The molecule has 2 saturated heterocycles. The van der Waals surface area contributed by atoms with Crippen LogP contribution in [0.1, 0.15) is 28.8 Å². The van der Waals surface area contributed by atoms with Crippen molar-refractivity contribution < 1.29 is 9.59 Å². The summed E-state index contributed by atoms with van der Waals surface area (Å²) in [6.07, 6.45) is 3.30. The Bertz CT molecular complexity index is 837. The van der Waals surface area contributed by atoms with E-state index in [4.69, 9.17) is 0 Å². The second-order valence-electron chi connectivity index (χ2n) is 7.93. The smallest absolute Gasteiger partial charge is 0.253 e. The van der Waals surface area contributed by atoms with Gasteiger partial charge in [0.25, 0.3) is 5.91 Å². The number of anilines is 1. The maximum atomic E-state index is 13.0. The zero-order valence-corrected chi connectivity index (χ0v) is 17.0. The molecule has 0 unspecified atom stereocenters. The highest BCUT2D eigenvalue weighted by molar-refractivity contribution is 5.94. The summed E-state index contributed by atoms with van der Waals surface area (Å²) in [7, 11) is 0. The molecule has 29 heavy (non-hydrogen) atoms. The molecular formula is C23H28N4O2. The van der Waals surface area contributed by atoms with Gasteiger partial charge in [-0.25, -0.2) is 4.98 Å². The lowest BCUT2D eigenvalue weighted by Crippen LogP contribution is -2.52. The Morgan fingerprint density at radius 2 is 1.55 bits per heavy atom. The standard InChI is InChI=1S/C23H28N4O2/c1-18-5-7-19(8-6-18)22(28)26-12-9-20(10-13-26)23(29)27-16-14-25(15-17-27)21-4-2-3-11-24-21/h2-8,11,20H,9-10,12-17H2,1H3. The Balaban J connectivity index is 1.27. The van der Waals surface area contributed by atoms with Crippen molar-refractivity contribution in [2.24, 2.45) is 5.92 Å². The number of hydrogen-bond donors (Lipinski definition) is 0. The number of nitrogens with zero attached hydrogens (tertiary/aromatic N) is 4. The monoisotopic (exact) mass is 392 g/mol. The average Bonchev–Trinajstić information content (AvgIpc) is 2.79. The van der Waals surface area contributed by atoms with E-state index in [0.717, 1.165) is 56.0 Å². The first-order valence-corrected chi connectivity index (χ1v) is 10.4. The van der Waals surface area contributed by atoms with Gasteiger partial charge >= 0.3 is 0 Å². The van der Waals surface area contributed by atoms with Crippen molar-refractivity contribution >= 4 is 17.6 Å². The Morgan fingerprint density at radius 3 is 2.17 bits per heavy atom. The van der Waals surface area contributed by atoms with Crippen molar-refractivity contribution in [2.45, 2.75) is 19.8 Å². The van der Waals surface area contributed by atoms with E-state index in [1.165, 1.54) is 0 Å². The molecule has 2 amide bonds. The van der Waals surface area contributed by atoms with Gasteiger partial charge in [-0.05, 0) is 44.0 Å². The number of piperazine rings is 1. The number of rotatable bonds is 3. The van der Waals surface area contributed by atoms with E-state index in [-0.39, 0.29) is 17.7 Å². The third-order valence-electron chi connectivity index (χ3n) is 5.99.